The van der Waals surface area contributed by atoms with Crippen LogP contribution in [0.4, 0.5) is 0 Å². The smallest absolute Gasteiger partial charge is 0.0595 e. The summed E-state index contributed by atoms with van der Waals surface area (Å²) in [4.78, 5) is 0. The molecule has 0 bridgehead atoms. The molecule has 0 spiro atoms. The lowest BCUT2D eigenvalue weighted by atomic mass is 9.77. The minimum absolute atomic E-state index is 0.488. The topological polar surface area (TPSA) is 12.0 Å². The average molecular weight is 306 g/mol. The Morgan fingerprint density at radius 1 is 0.850 bits per heavy atom. The summed E-state index contributed by atoms with van der Waals surface area (Å²) in [5, 5.41) is 4.77. The maximum absolute atomic E-state index is 6.18. The van der Waals surface area contributed by atoms with E-state index in [4.69, 9.17) is 23.2 Å². The Morgan fingerprint density at radius 3 is 2.40 bits per heavy atom. The van der Waals surface area contributed by atoms with Crippen LogP contribution in [-0.2, 0) is 0 Å². The molecule has 2 aromatic rings. The van der Waals surface area contributed by atoms with Crippen molar-refractivity contribution in [2.45, 2.75) is 18.3 Å². The van der Waals surface area contributed by atoms with Gasteiger partial charge in [0.2, 0.25) is 0 Å². The lowest BCUT2D eigenvalue weighted by molar-refractivity contribution is 0.404. The summed E-state index contributed by atoms with van der Waals surface area (Å²) in [5.74, 6) is 0.982. The third-order valence-corrected chi connectivity index (χ3v) is 4.82. The molecule has 1 heterocycles. The van der Waals surface area contributed by atoms with Gasteiger partial charge in [0.25, 0.3) is 0 Å². The Bertz CT molecular complexity index is 583. The molecule has 0 radical (unpaired) electrons. The van der Waals surface area contributed by atoms with Gasteiger partial charge in [-0.3, -0.25) is 0 Å². The molecule has 2 atom stereocenters. The Balaban J connectivity index is 1.94. The molecule has 0 aromatic heterocycles. The predicted molar refractivity (Wildman–Crippen MR) is 85.9 cm³/mol. The second-order valence-corrected chi connectivity index (χ2v) is 6.10. The molecule has 0 unspecified atom stereocenters. The molecule has 1 saturated heterocycles. The Labute approximate surface area is 129 Å². The quantitative estimate of drug-likeness (QED) is 0.836. The van der Waals surface area contributed by atoms with E-state index in [0.29, 0.717) is 21.9 Å². The first kappa shape index (κ1) is 13.9. The molecule has 1 fully saturated rings. The van der Waals surface area contributed by atoms with Crippen molar-refractivity contribution in [1.82, 2.24) is 5.32 Å². The highest BCUT2D eigenvalue weighted by molar-refractivity contribution is 6.42. The van der Waals surface area contributed by atoms with E-state index in [1.165, 1.54) is 11.1 Å². The molecule has 1 aliphatic heterocycles. The molecule has 3 rings (SSSR count). The molecule has 1 N–H and O–H groups in total. The Morgan fingerprint density at radius 2 is 1.65 bits per heavy atom. The van der Waals surface area contributed by atoms with Crippen LogP contribution in [0.3, 0.4) is 0 Å². The normalized spacial score (nSPS) is 22.7. The fourth-order valence-corrected chi connectivity index (χ4v) is 3.36. The van der Waals surface area contributed by atoms with Crippen LogP contribution in [0.1, 0.15) is 29.4 Å². The highest BCUT2D eigenvalue weighted by Gasteiger charge is 2.27. The van der Waals surface area contributed by atoms with Gasteiger partial charge in [-0.25, -0.2) is 0 Å². The monoisotopic (exact) mass is 305 g/mol. The zero-order valence-electron chi connectivity index (χ0n) is 11.2. The van der Waals surface area contributed by atoms with Crippen LogP contribution >= 0.6 is 23.2 Å². The van der Waals surface area contributed by atoms with E-state index >= 15 is 0 Å². The van der Waals surface area contributed by atoms with E-state index in [1.54, 1.807) is 0 Å². The van der Waals surface area contributed by atoms with Crippen molar-refractivity contribution in [3.05, 3.63) is 69.7 Å². The van der Waals surface area contributed by atoms with Crippen molar-refractivity contribution in [2.75, 3.05) is 13.1 Å². The van der Waals surface area contributed by atoms with Crippen LogP contribution in [0.15, 0.2) is 48.5 Å². The summed E-state index contributed by atoms with van der Waals surface area (Å²) in [6, 6.07) is 16.7. The van der Waals surface area contributed by atoms with Gasteiger partial charge < -0.3 is 5.32 Å². The fraction of sp³-hybridized carbons (Fsp3) is 0.294. The van der Waals surface area contributed by atoms with Crippen molar-refractivity contribution >= 4 is 23.2 Å². The first-order valence-corrected chi connectivity index (χ1v) is 7.72. The summed E-state index contributed by atoms with van der Waals surface area (Å²) in [7, 11) is 0. The SMILES string of the molecule is Clc1ccc([C@@H]2CCNC[C@H]2c2ccccc2)cc1Cl. The number of nitrogens with one attached hydrogen (secondary N) is 1. The van der Waals surface area contributed by atoms with E-state index < -0.39 is 0 Å². The van der Waals surface area contributed by atoms with Gasteiger partial charge in [-0.1, -0.05) is 59.6 Å². The van der Waals surface area contributed by atoms with Gasteiger partial charge in [0.05, 0.1) is 10.0 Å². The van der Waals surface area contributed by atoms with Crippen molar-refractivity contribution in [2.24, 2.45) is 0 Å². The minimum atomic E-state index is 0.488. The van der Waals surface area contributed by atoms with Crippen molar-refractivity contribution < 1.29 is 0 Å². The third kappa shape index (κ3) is 2.85. The van der Waals surface area contributed by atoms with Crippen molar-refractivity contribution in [1.29, 1.82) is 0 Å². The molecular formula is C17H17Cl2N. The van der Waals surface area contributed by atoms with Crippen LogP contribution in [0.5, 0.6) is 0 Å². The molecule has 1 aliphatic rings. The first-order chi connectivity index (χ1) is 9.75. The van der Waals surface area contributed by atoms with Crippen LogP contribution < -0.4 is 5.32 Å². The number of hydrogen-bond acceptors (Lipinski definition) is 1. The van der Waals surface area contributed by atoms with Crippen molar-refractivity contribution in [3.63, 3.8) is 0 Å². The second kappa shape index (κ2) is 6.17. The molecule has 20 heavy (non-hydrogen) atoms. The van der Waals surface area contributed by atoms with E-state index in [0.717, 1.165) is 19.5 Å². The van der Waals surface area contributed by atoms with Gasteiger partial charge in [-0.15, -0.1) is 0 Å². The lowest BCUT2D eigenvalue weighted by Gasteiger charge is -2.33. The predicted octanol–water partition coefficient (Wildman–Crippen LogP) is 4.85. The zero-order valence-corrected chi connectivity index (χ0v) is 12.7. The summed E-state index contributed by atoms with van der Waals surface area (Å²) in [5.41, 5.74) is 2.67. The standard InChI is InChI=1S/C17H17Cl2N/c18-16-7-6-13(10-17(16)19)14-8-9-20-11-15(14)12-4-2-1-3-5-12/h1-7,10,14-15,20H,8-9,11H2/t14-,15-/m0/s1. The average Bonchev–Trinajstić information content (AvgIpc) is 2.51. The maximum atomic E-state index is 6.18. The van der Waals surface area contributed by atoms with Crippen LogP contribution in [0.25, 0.3) is 0 Å². The van der Waals surface area contributed by atoms with Gasteiger partial charge in [0.15, 0.2) is 0 Å². The zero-order chi connectivity index (χ0) is 13.9. The minimum Gasteiger partial charge on any atom is -0.316 e. The van der Waals surface area contributed by atoms with E-state index in [-0.39, 0.29) is 0 Å². The number of hydrogen-bond donors (Lipinski definition) is 1. The largest absolute Gasteiger partial charge is 0.316 e. The highest BCUT2D eigenvalue weighted by atomic mass is 35.5. The number of halogens is 2. The summed E-state index contributed by atoms with van der Waals surface area (Å²) >= 11 is 12.2. The molecule has 2 aromatic carbocycles. The van der Waals surface area contributed by atoms with Gasteiger partial charge >= 0.3 is 0 Å². The molecule has 0 amide bonds. The van der Waals surface area contributed by atoms with Gasteiger partial charge in [-0.05, 0) is 42.1 Å². The molecule has 104 valence electrons. The molecule has 3 heteroatoms. The van der Waals surface area contributed by atoms with Gasteiger partial charge in [0.1, 0.15) is 0 Å². The first-order valence-electron chi connectivity index (χ1n) is 6.96. The van der Waals surface area contributed by atoms with E-state index in [9.17, 15) is 0 Å². The summed E-state index contributed by atoms with van der Waals surface area (Å²) in [6.07, 6.45) is 1.12. The van der Waals surface area contributed by atoms with Crippen molar-refractivity contribution in [3.8, 4) is 0 Å². The summed E-state index contributed by atoms with van der Waals surface area (Å²) < 4.78 is 0. The van der Waals surface area contributed by atoms with Crippen LogP contribution in [0.2, 0.25) is 10.0 Å². The Kier molecular flexibility index (Phi) is 4.30. The number of piperidine rings is 1. The molecule has 0 aliphatic carbocycles. The second-order valence-electron chi connectivity index (χ2n) is 5.29. The number of rotatable bonds is 2. The number of benzene rings is 2. The van der Waals surface area contributed by atoms with Crippen LogP contribution in [-0.4, -0.2) is 13.1 Å². The van der Waals surface area contributed by atoms with Gasteiger partial charge in [0, 0.05) is 12.5 Å². The lowest BCUT2D eigenvalue weighted by Crippen LogP contribution is -2.34. The van der Waals surface area contributed by atoms with E-state index in [2.05, 4.69) is 41.7 Å². The molecular weight excluding hydrogens is 289 g/mol. The maximum Gasteiger partial charge on any atom is 0.0595 e. The van der Waals surface area contributed by atoms with Crippen LogP contribution in [0, 0.1) is 0 Å². The Hall–Kier alpha value is -1.02. The highest BCUT2D eigenvalue weighted by Crippen LogP contribution is 2.39. The van der Waals surface area contributed by atoms with E-state index in [1.807, 2.05) is 12.1 Å². The third-order valence-electron chi connectivity index (χ3n) is 4.08. The fourth-order valence-electron chi connectivity index (χ4n) is 3.05. The van der Waals surface area contributed by atoms with Gasteiger partial charge in [-0.2, -0.15) is 0 Å². The molecule has 1 nitrogen and oxygen atoms in total. The molecule has 0 saturated carbocycles. The summed E-state index contributed by atoms with van der Waals surface area (Å²) in [6.45, 7) is 2.06.